The molecule has 96 valence electrons. The number of sulfonamides is 1. The van der Waals surface area contributed by atoms with Crippen LogP contribution < -0.4 is 10.5 Å². The van der Waals surface area contributed by atoms with Crippen molar-refractivity contribution >= 4 is 26.5 Å². The third-order valence-corrected chi connectivity index (χ3v) is 3.95. The Morgan fingerprint density at radius 3 is 2.44 bits per heavy atom. The van der Waals surface area contributed by atoms with Crippen LogP contribution in [0.25, 0.3) is 0 Å². The van der Waals surface area contributed by atoms with Gasteiger partial charge in [0.05, 0.1) is 4.90 Å². The van der Waals surface area contributed by atoms with E-state index in [9.17, 15) is 8.42 Å². The lowest BCUT2D eigenvalue weighted by Crippen LogP contribution is -2.12. The second-order valence-corrected chi connectivity index (χ2v) is 6.41. The van der Waals surface area contributed by atoms with Crippen LogP contribution in [0.2, 0.25) is 0 Å². The molecule has 0 aliphatic heterocycles. The lowest BCUT2D eigenvalue weighted by molar-refractivity contribution is 0.598. The molecule has 1 heterocycles. The molecule has 2 rings (SSSR count). The quantitative estimate of drug-likeness (QED) is 0.876. The maximum atomic E-state index is 11.1. The van der Waals surface area contributed by atoms with Crippen LogP contribution in [-0.4, -0.2) is 18.6 Å². The lowest BCUT2D eigenvalue weighted by Gasteiger charge is -2.03. The van der Waals surface area contributed by atoms with Gasteiger partial charge in [-0.15, -0.1) is 10.2 Å². The van der Waals surface area contributed by atoms with E-state index in [1.807, 2.05) is 6.92 Å². The molecule has 0 saturated heterocycles. The molecule has 1 aromatic heterocycles. The topological polar surface area (TPSA) is 98.0 Å². The first-order valence-corrected chi connectivity index (χ1v) is 7.47. The number of benzene rings is 1. The van der Waals surface area contributed by atoms with Crippen LogP contribution in [0.1, 0.15) is 10.6 Å². The van der Waals surface area contributed by atoms with Crippen LogP contribution in [0.5, 0.6) is 0 Å². The molecular formula is C10H12N4O2S2. The molecule has 8 heteroatoms. The van der Waals surface area contributed by atoms with Crippen LogP contribution in [0.15, 0.2) is 29.2 Å². The number of rotatable bonds is 4. The van der Waals surface area contributed by atoms with Crippen molar-refractivity contribution in [2.24, 2.45) is 5.14 Å². The first-order valence-electron chi connectivity index (χ1n) is 5.11. The second-order valence-electron chi connectivity index (χ2n) is 3.67. The first-order chi connectivity index (χ1) is 8.45. The van der Waals surface area contributed by atoms with E-state index >= 15 is 0 Å². The largest absolute Gasteiger partial charge is 0.356 e. The van der Waals surface area contributed by atoms with Gasteiger partial charge in [0.2, 0.25) is 15.2 Å². The zero-order valence-electron chi connectivity index (χ0n) is 9.62. The van der Waals surface area contributed by atoms with Crippen molar-refractivity contribution in [3.63, 3.8) is 0 Å². The number of aromatic nitrogens is 2. The Labute approximate surface area is 109 Å². The molecule has 1 aromatic carbocycles. The van der Waals surface area contributed by atoms with E-state index in [0.717, 1.165) is 15.7 Å². The Kier molecular flexibility index (Phi) is 3.60. The molecule has 6 nitrogen and oxygen atoms in total. The van der Waals surface area contributed by atoms with E-state index < -0.39 is 10.0 Å². The minimum atomic E-state index is -3.62. The number of hydrogen-bond donors (Lipinski definition) is 2. The summed E-state index contributed by atoms with van der Waals surface area (Å²) in [5.74, 6) is 0. The molecule has 0 aliphatic rings. The molecule has 3 N–H and O–H groups in total. The average Bonchev–Trinajstić information content (AvgIpc) is 2.72. The van der Waals surface area contributed by atoms with Crippen molar-refractivity contribution in [3.8, 4) is 0 Å². The number of anilines is 1. The summed E-state index contributed by atoms with van der Waals surface area (Å²) < 4.78 is 22.1. The summed E-state index contributed by atoms with van der Waals surface area (Å²) in [4.78, 5) is 0.109. The van der Waals surface area contributed by atoms with Crippen molar-refractivity contribution in [2.45, 2.75) is 18.4 Å². The predicted octanol–water partition coefficient (Wildman–Crippen LogP) is 1.11. The van der Waals surface area contributed by atoms with Gasteiger partial charge in [0, 0.05) is 6.54 Å². The number of nitrogens with two attached hydrogens (primary N) is 1. The number of nitrogens with one attached hydrogen (secondary N) is 1. The third-order valence-electron chi connectivity index (χ3n) is 2.22. The normalized spacial score (nSPS) is 11.4. The molecule has 0 saturated carbocycles. The van der Waals surface area contributed by atoms with Gasteiger partial charge >= 0.3 is 0 Å². The van der Waals surface area contributed by atoms with Gasteiger partial charge < -0.3 is 5.32 Å². The van der Waals surface area contributed by atoms with Crippen LogP contribution in [0, 0.1) is 6.92 Å². The Morgan fingerprint density at radius 2 is 1.94 bits per heavy atom. The Hall–Kier alpha value is -1.51. The summed E-state index contributed by atoms with van der Waals surface area (Å²) >= 11 is 1.47. The summed E-state index contributed by atoms with van der Waals surface area (Å²) in [6, 6.07) is 6.39. The number of primary sulfonamides is 1. The van der Waals surface area contributed by atoms with E-state index in [0.29, 0.717) is 6.54 Å². The lowest BCUT2D eigenvalue weighted by atomic mass is 10.2. The number of aryl methyl sites for hydroxylation is 1. The maximum absolute atomic E-state index is 11.1. The van der Waals surface area contributed by atoms with Gasteiger partial charge in [-0.05, 0) is 24.6 Å². The predicted molar refractivity (Wildman–Crippen MR) is 69.8 cm³/mol. The highest BCUT2D eigenvalue weighted by Gasteiger charge is 2.06. The molecule has 18 heavy (non-hydrogen) atoms. The van der Waals surface area contributed by atoms with Gasteiger partial charge in [-0.25, -0.2) is 13.6 Å². The summed E-state index contributed by atoms with van der Waals surface area (Å²) in [6.07, 6.45) is 0. The zero-order chi connectivity index (χ0) is 13.2. The molecule has 2 aromatic rings. The van der Waals surface area contributed by atoms with Gasteiger partial charge in [-0.2, -0.15) is 0 Å². The Morgan fingerprint density at radius 1 is 1.28 bits per heavy atom. The molecule has 0 radical (unpaired) electrons. The second kappa shape index (κ2) is 5.01. The molecular weight excluding hydrogens is 272 g/mol. The van der Waals surface area contributed by atoms with Crippen molar-refractivity contribution in [2.75, 3.05) is 5.32 Å². The van der Waals surface area contributed by atoms with E-state index in [-0.39, 0.29) is 4.90 Å². The van der Waals surface area contributed by atoms with Crippen molar-refractivity contribution in [1.29, 1.82) is 0 Å². The molecule has 0 amide bonds. The SMILES string of the molecule is Cc1nnc(NCc2ccc(S(N)(=O)=O)cc2)s1. The van der Waals surface area contributed by atoms with Crippen molar-refractivity contribution in [1.82, 2.24) is 10.2 Å². The summed E-state index contributed by atoms with van der Waals surface area (Å²) in [5, 5.41) is 17.6. The number of hydrogen-bond acceptors (Lipinski definition) is 6. The Balaban J connectivity index is 2.03. The van der Waals surface area contributed by atoms with Gasteiger partial charge in [0.25, 0.3) is 0 Å². The fourth-order valence-corrected chi connectivity index (χ4v) is 2.45. The van der Waals surface area contributed by atoms with Crippen LogP contribution in [0.3, 0.4) is 0 Å². The zero-order valence-corrected chi connectivity index (χ0v) is 11.3. The number of nitrogens with zero attached hydrogens (tertiary/aromatic N) is 2. The van der Waals surface area contributed by atoms with Crippen LogP contribution in [0.4, 0.5) is 5.13 Å². The highest BCUT2D eigenvalue weighted by atomic mass is 32.2. The van der Waals surface area contributed by atoms with Gasteiger partial charge in [-0.3, -0.25) is 0 Å². The molecule has 0 atom stereocenters. The molecule has 0 unspecified atom stereocenters. The van der Waals surface area contributed by atoms with Gasteiger partial charge in [0.15, 0.2) is 0 Å². The van der Waals surface area contributed by atoms with Crippen molar-refractivity contribution < 1.29 is 8.42 Å². The summed E-state index contributed by atoms with van der Waals surface area (Å²) in [5.41, 5.74) is 0.940. The summed E-state index contributed by atoms with van der Waals surface area (Å²) in [6.45, 7) is 2.43. The molecule has 0 aliphatic carbocycles. The van der Waals surface area contributed by atoms with E-state index in [1.54, 1.807) is 12.1 Å². The fraction of sp³-hybridized carbons (Fsp3) is 0.200. The molecule has 0 fully saturated rings. The van der Waals surface area contributed by atoms with Crippen LogP contribution >= 0.6 is 11.3 Å². The van der Waals surface area contributed by atoms with E-state index in [4.69, 9.17) is 5.14 Å². The first kappa shape index (κ1) is 12.9. The van der Waals surface area contributed by atoms with Gasteiger partial charge in [-0.1, -0.05) is 23.5 Å². The van der Waals surface area contributed by atoms with E-state index in [1.165, 1.54) is 23.5 Å². The monoisotopic (exact) mass is 284 g/mol. The third kappa shape index (κ3) is 3.25. The minimum absolute atomic E-state index is 0.109. The van der Waals surface area contributed by atoms with Crippen LogP contribution in [-0.2, 0) is 16.6 Å². The van der Waals surface area contributed by atoms with E-state index in [2.05, 4.69) is 15.5 Å². The fourth-order valence-electron chi connectivity index (χ4n) is 1.34. The highest BCUT2D eigenvalue weighted by molar-refractivity contribution is 7.89. The maximum Gasteiger partial charge on any atom is 0.238 e. The average molecular weight is 284 g/mol. The highest BCUT2D eigenvalue weighted by Crippen LogP contribution is 2.15. The Bertz CT molecular complexity index is 634. The summed E-state index contributed by atoms with van der Waals surface area (Å²) in [7, 11) is -3.62. The molecule has 0 bridgehead atoms. The van der Waals surface area contributed by atoms with Crippen molar-refractivity contribution in [3.05, 3.63) is 34.8 Å². The van der Waals surface area contributed by atoms with Gasteiger partial charge in [0.1, 0.15) is 5.01 Å². The standard InChI is InChI=1S/C10H12N4O2S2/c1-7-13-14-10(17-7)12-6-8-2-4-9(5-3-8)18(11,15)16/h2-5H,6H2,1H3,(H,12,14)(H2,11,15,16). The minimum Gasteiger partial charge on any atom is -0.356 e. The molecule has 0 spiro atoms. The smallest absolute Gasteiger partial charge is 0.238 e.